The molecule has 0 unspecified atom stereocenters. The Bertz CT molecular complexity index is 3130. The fourth-order valence-electron chi connectivity index (χ4n) is 8.40. The van der Waals surface area contributed by atoms with Crippen molar-refractivity contribution in [3.8, 4) is 34.4 Å². The van der Waals surface area contributed by atoms with E-state index in [0.29, 0.717) is 17.5 Å². The number of fused-ring (bicyclic) bond motifs is 13. The van der Waals surface area contributed by atoms with Crippen LogP contribution < -0.4 is 0 Å². The summed E-state index contributed by atoms with van der Waals surface area (Å²) in [6, 6.07) is 51.4. The van der Waals surface area contributed by atoms with Crippen LogP contribution in [-0.4, -0.2) is 29.1 Å². The Hall–Kier alpha value is -6.92. The van der Waals surface area contributed by atoms with Gasteiger partial charge < -0.3 is 0 Å². The van der Waals surface area contributed by atoms with E-state index in [4.69, 9.17) is 19.9 Å². The minimum Gasteiger partial charge on any atom is -0.278 e. The Labute approximate surface area is 284 Å². The molecule has 230 valence electrons. The molecule has 0 saturated carbocycles. The summed E-state index contributed by atoms with van der Waals surface area (Å²) >= 11 is 0. The van der Waals surface area contributed by atoms with Gasteiger partial charge in [-0.25, -0.2) is 9.97 Å². The van der Waals surface area contributed by atoms with Crippen LogP contribution in [-0.2, 0) is 0 Å². The largest absolute Gasteiger partial charge is 0.278 e. The molecule has 1 aliphatic carbocycles. The Balaban J connectivity index is 1.24. The molecule has 0 radical (unpaired) electrons. The molecule has 0 spiro atoms. The van der Waals surface area contributed by atoms with Crippen LogP contribution >= 0.6 is 0 Å². The zero-order valence-electron chi connectivity index (χ0n) is 26.5. The van der Waals surface area contributed by atoms with Crippen LogP contribution in [0.1, 0.15) is 0 Å². The first kappa shape index (κ1) is 26.1. The summed E-state index contributed by atoms with van der Waals surface area (Å²) in [5.74, 6) is 1.18. The molecule has 0 saturated heterocycles. The van der Waals surface area contributed by atoms with Gasteiger partial charge in [0.25, 0.3) is 0 Å². The van der Waals surface area contributed by atoms with E-state index >= 15 is 0 Å². The lowest BCUT2D eigenvalue weighted by Crippen LogP contribution is -2.06. The molecule has 0 fully saturated rings. The average Bonchev–Trinajstić information content (AvgIpc) is 3.81. The highest BCUT2D eigenvalue weighted by atomic mass is 15.2. The van der Waals surface area contributed by atoms with Crippen LogP contribution in [0.3, 0.4) is 0 Å². The second-order valence-corrected chi connectivity index (χ2v) is 13.1. The number of hydrogen-bond acceptors (Lipinski definition) is 4. The highest BCUT2D eigenvalue weighted by Crippen LogP contribution is 2.46. The van der Waals surface area contributed by atoms with Gasteiger partial charge in [-0.05, 0) is 45.8 Å². The third kappa shape index (κ3) is 3.27. The van der Waals surface area contributed by atoms with Crippen LogP contribution in [0.5, 0.6) is 0 Å². The minimum absolute atomic E-state index is 0.590. The normalized spacial score (nSPS) is 12.4. The molecule has 0 aliphatic heterocycles. The van der Waals surface area contributed by atoms with Crippen molar-refractivity contribution in [1.82, 2.24) is 29.1 Å². The van der Waals surface area contributed by atoms with Crippen LogP contribution in [0.2, 0.25) is 0 Å². The average molecular weight is 637 g/mol. The summed E-state index contributed by atoms with van der Waals surface area (Å²) in [5, 5.41) is 10.4. The molecule has 4 heterocycles. The molecule has 12 rings (SSSR count). The topological polar surface area (TPSA) is 61.4 Å². The molecule has 0 atom stereocenters. The number of rotatable bonds is 2. The molecule has 1 aliphatic rings. The quantitative estimate of drug-likeness (QED) is 0.189. The maximum atomic E-state index is 5.37. The van der Waals surface area contributed by atoms with E-state index < -0.39 is 0 Å². The maximum absolute atomic E-state index is 5.37. The summed E-state index contributed by atoms with van der Waals surface area (Å²) < 4.78 is 4.39. The highest BCUT2D eigenvalue weighted by Gasteiger charge is 2.29. The summed E-state index contributed by atoms with van der Waals surface area (Å²) in [7, 11) is 0. The van der Waals surface area contributed by atoms with Crippen molar-refractivity contribution < 1.29 is 0 Å². The van der Waals surface area contributed by atoms with Crippen molar-refractivity contribution in [3.63, 3.8) is 0 Å². The number of para-hydroxylation sites is 2. The van der Waals surface area contributed by atoms with E-state index in [2.05, 4.69) is 155 Å². The first-order valence-corrected chi connectivity index (χ1v) is 16.8. The van der Waals surface area contributed by atoms with Gasteiger partial charge in [-0.15, -0.1) is 0 Å². The van der Waals surface area contributed by atoms with E-state index in [-0.39, 0.29) is 0 Å². The molecule has 50 heavy (non-hydrogen) atoms. The van der Waals surface area contributed by atoms with Gasteiger partial charge >= 0.3 is 0 Å². The van der Waals surface area contributed by atoms with Gasteiger partial charge in [0.15, 0.2) is 5.65 Å². The van der Waals surface area contributed by atoms with Crippen molar-refractivity contribution in [3.05, 3.63) is 146 Å². The van der Waals surface area contributed by atoms with Gasteiger partial charge in [0.1, 0.15) is 0 Å². The predicted octanol–water partition coefficient (Wildman–Crippen LogP) is 10.6. The Morgan fingerprint density at radius 3 is 1.26 bits per heavy atom. The van der Waals surface area contributed by atoms with Crippen molar-refractivity contribution in [2.45, 2.75) is 0 Å². The molecule has 0 bridgehead atoms. The molecule has 7 aromatic carbocycles. The smallest absolute Gasteiger partial charge is 0.237 e. The SMILES string of the molecule is c1ccc2c(c1)-c1nc(-n3c4ccccc4c4ccccc43)nc3nc(-n4c5ccc6ccccc6c5c5c6ccccc6ccc54)nc-2c13. The predicted molar refractivity (Wildman–Crippen MR) is 203 cm³/mol. The van der Waals surface area contributed by atoms with Gasteiger partial charge in [-0.1, -0.05) is 121 Å². The molecular formula is C44H24N6. The Morgan fingerprint density at radius 2 is 0.740 bits per heavy atom. The highest BCUT2D eigenvalue weighted by molar-refractivity contribution is 6.28. The Morgan fingerprint density at radius 1 is 0.320 bits per heavy atom. The maximum Gasteiger partial charge on any atom is 0.237 e. The van der Waals surface area contributed by atoms with Gasteiger partial charge in [0.05, 0.1) is 38.8 Å². The monoisotopic (exact) mass is 636 g/mol. The standard InChI is InChI=1S/C44H24N6/c1-3-13-27-25(11-1)21-23-35-37(27)38-28-14-4-2-12-26(28)22-24-36(38)50(35)44-46-41-32-18-6-5-17-31(32)40-39(41)42(48-44)47-43(45-40)49-33-19-9-7-15-29(33)30-16-8-10-20-34(30)49/h1-24H. The number of hydrogen-bond donors (Lipinski definition) is 0. The van der Waals surface area contributed by atoms with E-state index in [1.165, 1.54) is 32.3 Å². The first-order chi connectivity index (χ1) is 24.8. The van der Waals surface area contributed by atoms with E-state index in [1.807, 2.05) is 0 Å². The van der Waals surface area contributed by atoms with Crippen molar-refractivity contribution in [1.29, 1.82) is 0 Å². The molecule has 6 heteroatoms. The molecule has 6 nitrogen and oxygen atoms in total. The molecule has 11 aromatic rings. The summed E-state index contributed by atoms with van der Waals surface area (Å²) in [4.78, 5) is 21.3. The third-order valence-corrected chi connectivity index (χ3v) is 10.5. The second kappa shape index (κ2) is 9.36. The van der Waals surface area contributed by atoms with Gasteiger partial charge in [-0.2, -0.15) is 9.97 Å². The van der Waals surface area contributed by atoms with Gasteiger partial charge in [0, 0.05) is 32.7 Å². The van der Waals surface area contributed by atoms with Gasteiger partial charge in [-0.3, -0.25) is 9.13 Å². The van der Waals surface area contributed by atoms with Crippen molar-refractivity contribution in [2.24, 2.45) is 0 Å². The number of aromatic nitrogens is 6. The van der Waals surface area contributed by atoms with E-state index in [1.54, 1.807) is 0 Å². The molecule has 0 N–H and O–H groups in total. The zero-order valence-corrected chi connectivity index (χ0v) is 26.5. The lowest BCUT2D eigenvalue weighted by atomic mass is 10.00. The van der Waals surface area contributed by atoms with Crippen LogP contribution in [0.4, 0.5) is 0 Å². The van der Waals surface area contributed by atoms with E-state index in [0.717, 1.165) is 60.7 Å². The lowest BCUT2D eigenvalue weighted by Gasteiger charge is -2.11. The van der Waals surface area contributed by atoms with Crippen LogP contribution in [0.15, 0.2) is 146 Å². The molecular weight excluding hydrogens is 613 g/mol. The lowest BCUT2D eigenvalue weighted by molar-refractivity contribution is 0.976. The zero-order chi connectivity index (χ0) is 32.5. The van der Waals surface area contributed by atoms with Gasteiger partial charge in [0.2, 0.25) is 11.9 Å². The van der Waals surface area contributed by atoms with Crippen LogP contribution in [0.25, 0.3) is 111 Å². The first-order valence-electron chi connectivity index (χ1n) is 16.8. The van der Waals surface area contributed by atoms with Crippen LogP contribution in [0, 0.1) is 0 Å². The summed E-state index contributed by atoms with van der Waals surface area (Å²) in [6.07, 6.45) is 0. The fraction of sp³-hybridized carbons (Fsp3) is 0. The minimum atomic E-state index is 0.590. The Kier molecular flexibility index (Phi) is 4.89. The fourth-order valence-corrected chi connectivity index (χ4v) is 8.40. The molecule has 0 amide bonds. The summed E-state index contributed by atoms with van der Waals surface area (Å²) in [6.45, 7) is 0. The number of benzene rings is 7. The third-order valence-electron chi connectivity index (χ3n) is 10.5. The summed E-state index contributed by atoms with van der Waals surface area (Å²) in [5.41, 5.74) is 8.67. The van der Waals surface area contributed by atoms with Crippen molar-refractivity contribution in [2.75, 3.05) is 0 Å². The van der Waals surface area contributed by atoms with Crippen molar-refractivity contribution >= 4 is 76.2 Å². The molecule has 4 aromatic heterocycles. The second-order valence-electron chi connectivity index (χ2n) is 13.1. The number of nitrogens with zero attached hydrogens (tertiary/aromatic N) is 6. The van der Waals surface area contributed by atoms with E-state index in [9.17, 15) is 0 Å².